The van der Waals surface area contributed by atoms with E-state index >= 15 is 0 Å². The summed E-state index contributed by atoms with van der Waals surface area (Å²) in [6, 6.07) is -2.78. The van der Waals surface area contributed by atoms with E-state index in [1.54, 1.807) is 0 Å². The molecule has 0 aromatic carbocycles. The number of hydrogen-bond donors (Lipinski definition) is 4. The van der Waals surface area contributed by atoms with Crippen LogP contribution in [0.25, 0.3) is 0 Å². The smallest absolute Gasteiger partial charge is 0.326 e. The first-order valence-electron chi connectivity index (χ1n) is 6.49. The normalized spacial score (nSPS) is 23.7. The summed E-state index contributed by atoms with van der Waals surface area (Å²) in [6.45, 7) is 3.69. The second-order valence-electron chi connectivity index (χ2n) is 5.42. The fourth-order valence-electron chi connectivity index (χ4n) is 2.36. The Morgan fingerprint density at radius 2 is 2.00 bits per heavy atom. The van der Waals surface area contributed by atoms with Crippen LogP contribution >= 0.6 is 0 Å². The summed E-state index contributed by atoms with van der Waals surface area (Å²) < 4.78 is 0. The Labute approximate surface area is 116 Å². The van der Waals surface area contributed by atoms with Crippen molar-refractivity contribution in [1.29, 1.82) is 0 Å². The molecule has 3 amide bonds. The third-order valence-corrected chi connectivity index (χ3v) is 3.17. The number of aliphatic hydroxyl groups is 1. The predicted octanol–water partition coefficient (Wildman–Crippen LogP) is -0.884. The number of carboxylic acid groups (broad SMARTS) is 1. The molecule has 0 aromatic heterocycles. The van der Waals surface area contributed by atoms with Gasteiger partial charge in [0.15, 0.2) is 0 Å². The number of hydrogen-bond acceptors (Lipinski definition) is 4. The molecule has 1 saturated heterocycles. The number of amides is 3. The largest absolute Gasteiger partial charge is 0.480 e. The van der Waals surface area contributed by atoms with Crippen molar-refractivity contribution in [1.82, 2.24) is 10.2 Å². The number of nitrogens with zero attached hydrogens (tertiary/aromatic N) is 1. The molecule has 0 aliphatic carbocycles. The predicted molar refractivity (Wildman–Crippen MR) is 69.7 cm³/mol. The molecule has 8 nitrogen and oxygen atoms in total. The fourth-order valence-corrected chi connectivity index (χ4v) is 2.36. The second-order valence-corrected chi connectivity index (χ2v) is 5.42. The van der Waals surface area contributed by atoms with E-state index in [0.717, 1.165) is 4.90 Å². The molecule has 0 bridgehead atoms. The van der Waals surface area contributed by atoms with Crippen LogP contribution in [0.15, 0.2) is 0 Å². The SMILES string of the molecule is CC(C)CC(NC(N)=O)C(=O)N1CC(O)C[C@H]1C(=O)O. The summed E-state index contributed by atoms with van der Waals surface area (Å²) in [5.74, 6) is -1.58. The Kier molecular flexibility index (Phi) is 5.32. The van der Waals surface area contributed by atoms with Gasteiger partial charge in [-0.3, -0.25) is 4.79 Å². The lowest BCUT2D eigenvalue weighted by Crippen LogP contribution is -2.53. The first-order valence-corrected chi connectivity index (χ1v) is 6.49. The standard InChI is InChI=1S/C12H21N3O5/c1-6(2)3-8(14-12(13)20)10(17)15-5-7(16)4-9(15)11(18)19/h6-9,16H,3-5H2,1-2H3,(H,18,19)(H3,13,14,20)/t7?,8?,9-/m0/s1. The van der Waals surface area contributed by atoms with Crippen molar-refractivity contribution in [2.45, 2.75) is 44.9 Å². The Morgan fingerprint density at radius 1 is 1.40 bits per heavy atom. The molecule has 8 heteroatoms. The summed E-state index contributed by atoms with van der Waals surface area (Å²) in [5, 5.41) is 21.0. The molecule has 1 fully saturated rings. The molecule has 1 aliphatic rings. The van der Waals surface area contributed by atoms with E-state index < -0.39 is 36.1 Å². The van der Waals surface area contributed by atoms with E-state index in [1.165, 1.54) is 0 Å². The van der Waals surface area contributed by atoms with Gasteiger partial charge in [0.25, 0.3) is 0 Å². The molecule has 0 spiro atoms. The Bertz CT molecular complexity index is 399. The maximum absolute atomic E-state index is 12.4. The zero-order valence-electron chi connectivity index (χ0n) is 11.6. The highest BCUT2D eigenvalue weighted by molar-refractivity contribution is 5.90. The van der Waals surface area contributed by atoms with E-state index in [0.29, 0.717) is 6.42 Å². The zero-order chi connectivity index (χ0) is 15.4. The summed E-state index contributed by atoms with van der Waals surface area (Å²) in [4.78, 5) is 35.5. The van der Waals surface area contributed by atoms with Crippen LogP contribution in [0.1, 0.15) is 26.7 Å². The van der Waals surface area contributed by atoms with Crippen LogP contribution in [0.3, 0.4) is 0 Å². The van der Waals surface area contributed by atoms with Crippen LogP contribution in [0.2, 0.25) is 0 Å². The van der Waals surface area contributed by atoms with Crippen LogP contribution in [-0.4, -0.2) is 57.8 Å². The number of aliphatic hydroxyl groups excluding tert-OH is 1. The topological polar surface area (TPSA) is 133 Å². The summed E-state index contributed by atoms with van der Waals surface area (Å²) in [7, 11) is 0. The second kappa shape index (κ2) is 6.56. The van der Waals surface area contributed by atoms with E-state index in [4.69, 9.17) is 10.8 Å². The minimum Gasteiger partial charge on any atom is -0.480 e. The quantitative estimate of drug-likeness (QED) is 0.521. The summed E-state index contributed by atoms with van der Waals surface area (Å²) in [6.07, 6.45) is -0.527. The van der Waals surface area contributed by atoms with Crippen LogP contribution in [0.4, 0.5) is 4.79 Å². The van der Waals surface area contributed by atoms with Gasteiger partial charge in [-0.05, 0) is 12.3 Å². The maximum Gasteiger partial charge on any atom is 0.326 e. The minimum atomic E-state index is -1.17. The molecule has 1 heterocycles. The molecule has 0 saturated carbocycles. The number of urea groups is 1. The van der Waals surface area contributed by atoms with Crippen LogP contribution < -0.4 is 11.1 Å². The van der Waals surface area contributed by atoms with Gasteiger partial charge in [-0.2, -0.15) is 0 Å². The number of likely N-dealkylation sites (tertiary alicyclic amines) is 1. The van der Waals surface area contributed by atoms with E-state index in [2.05, 4.69) is 5.32 Å². The van der Waals surface area contributed by atoms with Gasteiger partial charge in [-0.15, -0.1) is 0 Å². The summed E-state index contributed by atoms with van der Waals surface area (Å²) in [5.41, 5.74) is 5.04. The fraction of sp³-hybridized carbons (Fsp3) is 0.750. The number of carbonyl (C=O) groups excluding carboxylic acids is 2. The number of carboxylic acids is 1. The van der Waals surface area contributed by atoms with Crippen molar-refractivity contribution >= 4 is 17.9 Å². The molecule has 114 valence electrons. The van der Waals surface area contributed by atoms with E-state index in [9.17, 15) is 19.5 Å². The molecule has 0 aromatic rings. The number of β-amino-alcohol motifs (C(OH)–C–C–N with tert-alkyl or cyclic N) is 1. The van der Waals surface area contributed by atoms with Gasteiger partial charge < -0.3 is 26.2 Å². The monoisotopic (exact) mass is 287 g/mol. The van der Waals surface area contributed by atoms with Crippen molar-refractivity contribution in [3.8, 4) is 0 Å². The molecule has 0 radical (unpaired) electrons. The van der Waals surface area contributed by atoms with Crippen molar-refractivity contribution < 1.29 is 24.6 Å². The minimum absolute atomic E-state index is 0.00789. The molecular weight excluding hydrogens is 266 g/mol. The highest BCUT2D eigenvalue weighted by Gasteiger charge is 2.41. The number of nitrogens with one attached hydrogen (secondary N) is 1. The number of rotatable bonds is 5. The van der Waals surface area contributed by atoms with E-state index in [1.807, 2.05) is 13.8 Å². The lowest BCUT2D eigenvalue weighted by molar-refractivity contribution is -0.149. The van der Waals surface area contributed by atoms with Gasteiger partial charge >= 0.3 is 12.0 Å². The Balaban J connectivity index is 2.86. The van der Waals surface area contributed by atoms with E-state index in [-0.39, 0.29) is 18.9 Å². The third kappa shape index (κ3) is 4.09. The summed E-state index contributed by atoms with van der Waals surface area (Å²) >= 11 is 0. The Morgan fingerprint density at radius 3 is 2.45 bits per heavy atom. The molecular formula is C12H21N3O5. The third-order valence-electron chi connectivity index (χ3n) is 3.17. The maximum atomic E-state index is 12.4. The number of primary amides is 1. The lowest BCUT2D eigenvalue weighted by Gasteiger charge is -2.27. The highest BCUT2D eigenvalue weighted by atomic mass is 16.4. The van der Waals surface area contributed by atoms with Crippen molar-refractivity contribution in [3.05, 3.63) is 0 Å². The molecule has 1 aliphatic heterocycles. The van der Waals surface area contributed by atoms with Crippen molar-refractivity contribution in [3.63, 3.8) is 0 Å². The van der Waals surface area contributed by atoms with Crippen LogP contribution in [-0.2, 0) is 9.59 Å². The van der Waals surface area contributed by atoms with Gasteiger partial charge in [0, 0.05) is 13.0 Å². The molecule has 5 N–H and O–H groups in total. The molecule has 3 atom stereocenters. The molecule has 2 unspecified atom stereocenters. The van der Waals surface area contributed by atoms with Gasteiger partial charge in [0.05, 0.1) is 6.10 Å². The van der Waals surface area contributed by atoms with Crippen molar-refractivity contribution in [2.24, 2.45) is 11.7 Å². The van der Waals surface area contributed by atoms with Gasteiger partial charge in [0.1, 0.15) is 12.1 Å². The van der Waals surface area contributed by atoms with Gasteiger partial charge in [-0.1, -0.05) is 13.8 Å². The van der Waals surface area contributed by atoms with Crippen molar-refractivity contribution in [2.75, 3.05) is 6.54 Å². The zero-order valence-corrected chi connectivity index (χ0v) is 11.6. The number of aliphatic carboxylic acids is 1. The number of nitrogens with two attached hydrogens (primary N) is 1. The van der Waals surface area contributed by atoms with Gasteiger partial charge in [-0.25, -0.2) is 9.59 Å². The Hall–Kier alpha value is -1.83. The first-order chi connectivity index (χ1) is 9.22. The van der Waals surface area contributed by atoms with Crippen LogP contribution in [0.5, 0.6) is 0 Å². The average Bonchev–Trinajstić information content (AvgIpc) is 2.68. The molecule has 1 rings (SSSR count). The number of carbonyl (C=O) groups is 3. The first kappa shape index (κ1) is 16.2. The lowest BCUT2D eigenvalue weighted by atomic mass is 10.0. The van der Waals surface area contributed by atoms with Gasteiger partial charge in [0.2, 0.25) is 5.91 Å². The highest BCUT2D eigenvalue weighted by Crippen LogP contribution is 2.20. The molecule has 20 heavy (non-hydrogen) atoms. The van der Waals surface area contributed by atoms with Crippen LogP contribution in [0, 0.1) is 5.92 Å². The average molecular weight is 287 g/mol.